The summed E-state index contributed by atoms with van der Waals surface area (Å²) in [6, 6.07) is 8.46. The van der Waals surface area contributed by atoms with Crippen molar-refractivity contribution in [3.05, 3.63) is 28.7 Å². The lowest BCUT2D eigenvalue weighted by atomic mass is 9.95. The molecule has 3 rings (SSSR count). The summed E-state index contributed by atoms with van der Waals surface area (Å²) in [7, 11) is 0. The first-order chi connectivity index (χ1) is 12.2. The van der Waals surface area contributed by atoms with Gasteiger partial charge in [0.2, 0.25) is 5.91 Å². The van der Waals surface area contributed by atoms with Gasteiger partial charge in [-0.3, -0.25) is 9.69 Å². The Morgan fingerprint density at radius 2 is 1.92 bits per heavy atom. The molecule has 1 atom stereocenters. The average molecular weight is 404 g/mol. The van der Waals surface area contributed by atoms with Gasteiger partial charge in [0.1, 0.15) is 0 Å². The van der Waals surface area contributed by atoms with E-state index in [0.29, 0.717) is 12.5 Å². The minimum atomic E-state index is 0.151. The van der Waals surface area contributed by atoms with E-state index in [2.05, 4.69) is 61.2 Å². The first-order valence-electron chi connectivity index (χ1n) is 9.09. The number of hydrogen-bond donors (Lipinski definition) is 1. The van der Waals surface area contributed by atoms with Crippen LogP contribution in [0.1, 0.15) is 19.3 Å². The number of carbonyl (C=O) groups is 1. The van der Waals surface area contributed by atoms with Crippen LogP contribution < -0.4 is 10.2 Å². The van der Waals surface area contributed by atoms with E-state index in [4.69, 9.17) is 6.42 Å². The van der Waals surface area contributed by atoms with Crippen molar-refractivity contribution >= 4 is 27.5 Å². The van der Waals surface area contributed by atoms with Gasteiger partial charge in [0, 0.05) is 35.7 Å². The molecule has 2 aliphatic rings. The molecule has 2 fully saturated rings. The summed E-state index contributed by atoms with van der Waals surface area (Å²) in [5.74, 6) is 3.59. The topological polar surface area (TPSA) is 35.6 Å². The van der Waals surface area contributed by atoms with Gasteiger partial charge in [0.25, 0.3) is 0 Å². The van der Waals surface area contributed by atoms with Gasteiger partial charge < -0.3 is 10.2 Å². The highest BCUT2D eigenvalue weighted by molar-refractivity contribution is 9.10. The van der Waals surface area contributed by atoms with E-state index in [1.165, 1.54) is 5.69 Å². The summed E-state index contributed by atoms with van der Waals surface area (Å²) in [4.78, 5) is 17.1. The van der Waals surface area contributed by atoms with Crippen LogP contribution in [0, 0.1) is 24.2 Å². The molecule has 0 aliphatic carbocycles. The van der Waals surface area contributed by atoms with Crippen LogP contribution in [-0.4, -0.2) is 50.1 Å². The predicted molar refractivity (Wildman–Crippen MR) is 105 cm³/mol. The number of amides is 1. The summed E-state index contributed by atoms with van der Waals surface area (Å²) in [5.41, 5.74) is 1.26. The number of piperidine rings is 1. The average Bonchev–Trinajstić information content (AvgIpc) is 3.10. The zero-order valence-electron chi connectivity index (χ0n) is 14.6. The second kappa shape index (κ2) is 8.73. The monoisotopic (exact) mass is 403 g/mol. The van der Waals surface area contributed by atoms with Gasteiger partial charge in [-0.2, -0.15) is 0 Å². The molecule has 1 aromatic rings. The van der Waals surface area contributed by atoms with E-state index in [1.54, 1.807) is 0 Å². The predicted octanol–water partition coefficient (Wildman–Crippen LogP) is 2.74. The van der Waals surface area contributed by atoms with E-state index in [0.717, 1.165) is 56.5 Å². The van der Waals surface area contributed by atoms with E-state index in [1.807, 2.05) is 0 Å². The lowest BCUT2D eigenvalue weighted by Gasteiger charge is -2.30. The first-order valence-corrected chi connectivity index (χ1v) is 9.89. The third-order valence-electron chi connectivity index (χ3n) is 5.32. The van der Waals surface area contributed by atoms with Gasteiger partial charge in [-0.05, 0) is 62.5 Å². The lowest BCUT2D eigenvalue weighted by molar-refractivity contribution is -0.126. The molecule has 1 N–H and O–H groups in total. The zero-order valence-corrected chi connectivity index (χ0v) is 16.2. The molecule has 0 aromatic heterocycles. The van der Waals surface area contributed by atoms with Crippen LogP contribution in [0.4, 0.5) is 5.69 Å². The van der Waals surface area contributed by atoms with Crippen molar-refractivity contribution in [2.75, 3.05) is 44.2 Å². The van der Waals surface area contributed by atoms with E-state index < -0.39 is 0 Å². The summed E-state index contributed by atoms with van der Waals surface area (Å²) in [6.07, 6.45) is 8.33. The standard InChI is InChI=1S/C20H26BrN3O/c1-2-10-23-11-8-17(9-12-23)20(25)22-14-16-7-13-24(15-16)19-5-3-18(21)4-6-19/h1,3-6,16-17H,7-15H2,(H,22,25). The smallest absolute Gasteiger partial charge is 0.223 e. The van der Waals surface area contributed by atoms with Crippen molar-refractivity contribution in [1.82, 2.24) is 10.2 Å². The second-order valence-electron chi connectivity index (χ2n) is 7.08. The van der Waals surface area contributed by atoms with Crippen LogP contribution in [0.5, 0.6) is 0 Å². The molecule has 2 heterocycles. The molecule has 0 spiro atoms. The SMILES string of the molecule is C#CCN1CCC(C(=O)NCC2CCN(c3ccc(Br)cc3)C2)CC1. The minimum Gasteiger partial charge on any atom is -0.371 e. The van der Waals surface area contributed by atoms with Crippen molar-refractivity contribution in [3.8, 4) is 12.3 Å². The number of nitrogens with one attached hydrogen (secondary N) is 1. The molecule has 4 nitrogen and oxygen atoms in total. The van der Waals surface area contributed by atoms with Crippen LogP contribution in [0.15, 0.2) is 28.7 Å². The molecule has 1 aromatic carbocycles. The number of carbonyl (C=O) groups excluding carboxylic acids is 1. The number of benzene rings is 1. The normalized spacial score (nSPS) is 21.9. The molecular weight excluding hydrogens is 378 g/mol. The highest BCUT2D eigenvalue weighted by Crippen LogP contribution is 2.25. The molecule has 1 amide bonds. The van der Waals surface area contributed by atoms with Gasteiger partial charge in [0.15, 0.2) is 0 Å². The number of likely N-dealkylation sites (tertiary alicyclic amines) is 1. The fourth-order valence-corrected chi connectivity index (χ4v) is 4.02. The molecule has 2 aliphatic heterocycles. The third kappa shape index (κ3) is 4.99. The van der Waals surface area contributed by atoms with Crippen molar-refractivity contribution in [1.29, 1.82) is 0 Å². The first kappa shape index (κ1) is 18.3. The van der Waals surface area contributed by atoms with Crippen LogP contribution in [0.25, 0.3) is 0 Å². The quantitative estimate of drug-likeness (QED) is 0.767. The number of hydrogen-bond acceptors (Lipinski definition) is 3. The molecule has 1 unspecified atom stereocenters. The van der Waals surface area contributed by atoms with Crippen molar-refractivity contribution in [3.63, 3.8) is 0 Å². The van der Waals surface area contributed by atoms with Crippen LogP contribution in [0.3, 0.4) is 0 Å². The fraction of sp³-hybridized carbons (Fsp3) is 0.550. The molecule has 134 valence electrons. The van der Waals surface area contributed by atoms with Gasteiger partial charge in [-0.15, -0.1) is 6.42 Å². The van der Waals surface area contributed by atoms with Gasteiger partial charge >= 0.3 is 0 Å². The number of nitrogens with zero attached hydrogens (tertiary/aromatic N) is 2. The molecule has 0 saturated carbocycles. The number of terminal acetylenes is 1. The highest BCUT2D eigenvalue weighted by atomic mass is 79.9. The minimum absolute atomic E-state index is 0.151. The highest BCUT2D eigenvalue weighted by Gasteiger charge is 2.27. The molecule has 25 heavy (non-hydrogen) atoms. The maximum absolute atomic E-state index is 12.4. The second-order valence-corrected chi connectivity index (χ2v) is 7.99. The molecule has 0 radical (unpaired) electrons. The van der Waals surface area contributed by atoms with Crippen molar-refractivity contribution in [2.24, 2.45) is 11.8 Å². The van der Waals surface area contributed by atoms with E-state index >= 15 is 0 Å². The van der Waals surface area contributed by atoms with E-state index in [9.17, 15) is 4.79 Å². The Hall–Kier alpha value is -1.51. The summed E-state index contributed by atoms with van der Waals surface area (Å²) in [6.45, 7) is 5.43. The Balaban J connectivity index is 1.40. The Morgan fingerprint density at radius 3 is 2.60 bits per heavy atom. The Morgan fingerprint density at radius 1 is 1.20 bits per heavy atom. The number of halogens is 1. The number of rotatable bonds is 5. The van der Waals surface area contributed by atoms with E-state index in [-0.39, 0.29) is 11.8 Å². The Labute approximate surface area is 159 Å². The van der Waals surface area contributed by atoms with Crippen LogP contribution in [0.2, 0.25) is 0 Å². The maximum Gasteiger partial charge on any atom is 0.223 e. The fourth-order valence-electron chi connectivity index (χ4n) is 3.76. The molecule has 5 heteroatoms. The third-order valence-corrected chi connectivity index (χ3v) is 5.84. The summed E-state index contributed by atoms with van der Waals surface area (Å²) < 4.78 is 1.10. The number of anilines is 1. The largest absolute Gasteiger partial charge is 0.371 e. The Bertz CT molecular complexity index is 617. The molecular formula is C20H26BrN3O. The van der Waals surface area contributed by atoms with Crippen molar-refractivity contribution < 1.29 is 4.79 Å². The zero-order chi connectivity index (χ0) is 17.6. The maximum atomic E-state index is 12.4. The van der Waals surface area contributed by atoms with Crippen LogP contribution >= 0.6 is 15.9 Å². The summed E-state index contributed by atoms with van der Waals surface area (Å²) in [5, 5.41) is 3.19. The van der Waals surface area contributed by atoms with Gasteiger partial charge in [-0.1, -0.05) is 21.9 Å². The van der Waals surface area contributed by atoms with Gasteiger partial charge in [0.05, 0.1) is 6.54 Å². The van der Waals surface area contributed by atoms with Crippen LogP contribution in [-0.2, 0) is 4.79 Å². The molecule has 2 saturated heterocycles. The van der Waals surface area contributed by atoms with Crippen molar-refractivity contribution in [2.45, 2.75) is 19.3 Å². The Kier molecular flexibility index (Phi) is 6.39. The summed E-state index contributed by atoms with van der Waals surface area (Å²) >= 11 is 3.48. The van der Waals surface area contributed by atoms with Gasteiger partial charge in [-0.25, -0.2) is 0 Å². The molecule has 0 bridgehead atoms. The lowest BCUT2D eigenvalue weighted by Crippen LogP contribution is -2.42.